The van der Waals surface area contributed by atoms with Crippen LogP contribution in [0, 0.1) is 0 Å². The predicted molar refractivity (Wildman–Crippen MR) is 127 cm³/mol. The van der Waals surface area contributed by atoms with Crippen LogP contribution in [0.4, 0.5) is 26.3 Å². The molecule has 3 N–H and O–H groups in total. The normalized spacial score (nSPS) is 15.5. The van der Waals surface area contributed by atoms with Crippen molar-refractivity contribution in [2.24, 2.45) is 0 Å². The van der Waals surface area contributed by atoms with Crippen molar-refractivity contribution < 1.29 is 51.3 Å². The van der Waals surface area contributed by atoms with E-state index in [4.69, 9.17) is 24.8 Å². The maximum absolute atomic E-state index is 10.6. The maximum atomic E-state index is 10.6. The van der Waals surface area contributed by atoms with Gasteiger partial charge in [0.05, 0.1) is 35.9 Å². The minimum absolute atomic E-state index is 0.358. The molecule has 1 aliphatic heterocycles. The number of para-hydroxylation sites is 2. The van der Waals surface area contributed by atoms with Gasteiger partial charge < -0.3 is 19.9 Å². The number of carboxylic acid groups (broad SMARTS) is 2. The Balaban J connectivity index is 0.000000333. The highest BCUT2D eigenvalue weighted by atomic mass is 19.4. The lowest BCUT2D eigenvalue weighted by Gasteiger charge is -2.31. The molecule has 222 valence electrons. The maximum Gasteiger partial charge on any atom is 0.490 e. The molecule has 0 bridgehead atoms. The molecule has 0 saturated carbocycles. The number of halogens is 6. The highest BCUT2D eigenvalue weighted by molar-refractivity contribution is 5.76. The largest absolute Gasteiger partial charge is 0.490 e. The zero-order chi connectivity index (χ0) is 30.3. The summed E-state index contributed by atoms with van der Waals surface area (Å²) in [5, 5.41) is 32.1. The van der Waals surface area contributed by atoms with Gasteiger partial charge in [0.25, 0.3) is 0 Å². The lowest BCUT2D eigenvalue weighted by atomic mass is 10.1. The molecular weight excluding hydrogens is 554 g/mol. The molecule has 0 radical (unpaired) electrons. The van der Waals surface area contributed by atoms with Crippen molar-refractivity contribution in [1.82, 2.24) is 29.4 Å². The summed E-state index contributed by atoms with van der Waals surface area (Å²) >= 11 is 0. The Morgan fingerprint density at radius 2 is 1.55 bits per heavy atom. The third-order valence-corrected chi connectivity index (χ3v) is 5.79. The van der Waals surface area contributed by atoms with Crippen molar-refractivity contribution in [2.75, 3.05) is 13.1 Å². The number of aryl methyl sites for hydroxylation is 1. The summed E-state index contributed by atoms with van der Waals surface area (Å²) in [7, 11) is 0. The molecule has 1 unspecified atom stereocenters. The van der Waals surface area contributed by atoms with Gasteiger partial charge in [-0.05, 0) is 38.8 Å². The second-order valence-electron chi connectivity index (χ2n) is 8.67. The zero-order valence-corrected chi connectivity index (χ0v) is 21.4. The molecule has 0 amide bonds. The molecule has 3 aromatic rings. The molecule has 1 atom stereocenters. The topological polar surface area (TPSA) is 147 Å². The summed E-state index contributed by atoms with van der Waals surface area (Å²) in [5.41, 5.74) is 2.93. The quantitative estimate of drug-likeness (QED) is 0.382. The Morgan fingerprint density at radius 1 is 1.02 bits per heavy atom. The number of alkyl halides is 6. The van der Waals surface area contributed by atoms with Gasteiger partial charge in [-0.1, -0.05) is 17.3 Å². The van der Waals surface area contributed by atoms with E-state index in [1.165, 1.54) is 5.52 Å². The number of hydrogen-bond donors (Lipinski definition) is 3. The number of carboxylic acids is 2. The van der Waals surface area contributed by atoms with Crippen molar-refractivity contribution in [3.8, 4) is 0 Å². The molecule has 1 aromatic carbocycles. The van der Waals surface area contributed by atoms with Crippen LogP contribution in [-0.4, -0.2) is 82.1 Å². The lowest BCUT2D eigenvalue weighted by molar-refractivity contribution is -0.193. The van der Waals surface area contributed by atoms with Crippen LogP contribution in [0.25, 0.3) is 11.0 Å². The fraction of sp³-hybridized carbons (Fsp3) is 0.522. The third-order valence-electron chi connectivity index (χ3n) is 5.79. The van der Waals surface area contributed by atoms with Gasteiger partial charge in [0.2, 0.25) is 0 Å². The van der Waals surface area contributed by atoms with Crippen LogP contribution in [0.3, 0.4) is 0 Å². The molecule has 17 heteroatoms. The number of nitrogens with zero attached hydrogens (tertiary/aromatic N) is 6. The predicted octanol–water partition coefficient (Wildman–Crippen LogP) is 3.80. The number of rotatable bonds is 5. The summed E-state index contributed by atoms with van der Waals surface area (Å²) in [6.45, 7) is 7.74. The number of aliphatic carboxylic acids is 2. The van der Waals surface area contributed by atoms with Crippen molar-refractivity contribution in [3.63, 3.8) is 0 Å². The van der Waals surface area contributed by atoms with E-state index in [1.54, 1.807) is 6.92 Å². The Bertz CT molecular complexity index is 1240. The first-order valence-electron chi connectivity index (χ1n) is 11.9. The number of imidazole rings is 1. The third kappa shape index (κ3) is 9.18. The van der Waals surface area contributed by atoms with Crippen LogP contribution in [0.2, 0.25) is 0 Å². The molecular formula is C23H28F6N6O5. The van der Waals surface area contributed by atoms with Crippen LogP contribution >= 0.6 is 0 Å². The number of piperidine rings is 1. The lowest BCUT2D eigenvalue weighted by Crippen LogP contribution is -2.35. The van der Waals surface area contributed by atoms with Crippen molar-refractivity contribution in [3.05, 3.63) is 42.0 Å². The molecule has 0 spiro atoms. The highest BCUT2D eigenvalue weighted by Gasteiger charge is 2.38. The van der Waals surface area contributed by atoms with E-state index in [1.807, 2.05) is 16.9 Å². The van der Waals surface area contributed by atoms with E-state index >= 15 is 0 Å². The molecule has 4 rings (SSSR count). The minimum atomic E-state index is -5.08. The number of aliphatic hydroxyl groups is 1. The van der Waals surface area contributed by atoms with Crippen LogP contribution < -0.4 is 0 Å². The molecule has 2 aromatic heterocycles. The fourth-order valence-electron chi connectivity index (χ4n) is 3.80. The van der Waals surface area contributed by atoms with Gasteiger partial charge in [-0.25, -0.2) is 19.3 Å². The second-order valence-corrected chi connectivity index (χ2v) is 8.67. The van der Waals surface area contributed by atoms with Gasteiger partial charge in [0.15, 0.2) is 0 Å². The average molecular weight is 583 g/mol. The summed E-state index contributed by atoms with van der Waals surface area (Å²) < 4.78 is 67.7. The molecule has 0 aliphatic carbocycles. The summed E-state index contributed by atoms with van der Waals surface area (Å²) in [6.07, 6.45) is -6.78. The average Bonchev–Trinajstić information content (AvgIpc) is 3.49. The summed E-state index contributed by atoms with van der Waals surface area (Å²) in [4.78, 5) is 25.1. The zero-order valence-electron chi connectivity index (χ0n) is 21.4. The van der Waals surface area contributed by atoms with E-state index < -0.39 is 30.4 Å². The number of fused-ring (bicyclic) bond motifs is 1. The molecule has 40 heavy (non-hydrogen) atoms. The first kappa shape index (κ1) is 32.5. The van der Waals surface area contributed by atoms with E-state index in [2.05, 4.69) is 44.9 Å². The Morgan fingerprint density at radius 3 is 2.00 bits per heavy atom. The number of aliphatic hydroxyl groups excluding tert-OH is 1. The summed E-state index contributed by atoms with van der Waals surface area (Å²) in [5.74, 6) is -4.37. The Labute approximate surface area is 223 Å². The van der Waals surface area contributed by atoms with Crippen molar-refractivity contribution in [2.45, 2.75) is 64.3 Å². The Kier molecular flexibility index (Phi) is 11.0. The van der Waals surface area contributed by atoms with E-state index in [9.17, 15) is 31.4 Å². The fourth-order valence-corrected chi connectivity index (χ4v) is 3.80. The van der Waals surface area contributed by atoms with Crippen LogP contribution in [-0.2, 0) is 22.7 Å². The number of benzene rings is 1. The van der Waals surface area contributed by atoms with Gasteiger partial charge in [0.1, 0.15) is 11.5 Å². The van der Waals surface area contributed by atoms with Gasteiger partial charge in [0, 0.05) is 19.6 Å². The van der Waals surface area contributed by atoms with E-state index in [0.29, 0.717) is 11.7 Å². The standard InChI is InChI=1S/C19H26N6O.2C2HF3O2/c1-3-24-18-7-5-4-6-16(18)20-19(24)13-23-10-8-15(9-11-23)25-12-17(14(2)26)21-22-25;2*3-2(4,5)1(6)7/h4-7,12,14-15,26H,3,8-11,13H2,1-2H3;2*(H,6,7). The number of carbonyl (C=O) groups is 2. The summed E-state index contributed by atoms with van der Waals surface area (Å²) in [6, 6.07) is 8.71. The highest BCUT2D eigenvalue weighted by Crippen LogP contribution is 2.25. The Hall–Kier alpha value is -3.73. The second kappa shape index (κ2) is 13.6. The van der Waals surface area contributed by atoms with Gasteiger partial charge in [-0.15, -0.1) is 5.10 Å². The molecule has 11 nitrogen and oxygen atoms in total. The van der Waals surface area contributed by atoms with Crippen LogP contribution in [0.1, 0.15) is 50.4 Å². The van der Waals surface area contributed by atoms with E-state index in [0.717, 1.165) is 50.4 Å². The number of hydrogen-bond acceptors (Lipinski definition) is 7. The smallest absolute Gasteiger partial charge is 0.475 e. The van der Waals surface area contributed by atoms with Crippen molar-refractivity contribution in [1.29, 1.82) is 0 Å². The molecule has 1 fully saturated rings. The van der Waals surface area contributed by atoms with Crippen LogP contribution in [0.15, 0.2) is 30.5 Å². The SMILES string of the molecule is CCn1c(CN2CCC(n3cc(C(C)O)nn3)CC2)nc2ccccc21.O=C(O)C(F)(F)F.O=C(O)C(F)(F)F. The van der Waals surface area contributed by atoms with E-state index in [-0.39, 0.29) is 0 Å². The van der Waals surface area contributed by atoms with Crippen LogP contribution in [0.5, 0.6) is 0 Å². The number of aromatic nitrogens is 5. The first-order chi connectivity index (χ1) is 18.5. The van der Waals surface area contributed by atoms with Crippen molar-refractivity contribution >= 4 is 23.0 Å². The molecule has 1 saturated heterocycles. The first-order valence-corrected chi connectivity index (χ1v) is 11.9. The van der Waals surface area contributed by atoms with Gasteiger partial charge in [-0.3, -0.25) is 4.90 Å². The molecule has 1 aliphatic rings. The monoisotopic (exact) mass is 582 g/mol. The minimum Gasteiger partial charge on any atom is -0.475 e. The number of likely N-dealkylation sites (tertiary alicyclic amines) is 1. The molecule has 3 heterocycles. The van der Waals surface area contributed by atoms with Gasteiger partial charge >= 0.3 is 24.3 Å². The van der Waals surface area contributed by atoms with Gasteiger partial charge in [-0.2, -0.15) is 26.3 Å².